The van der Waals surface area contributed by atoms with E-state index in [2.05, 4.69) is 0 Å². The van der Waals surface area contributed by atoms with Gasteiger partial charge in [0.2, 0.25) is 0 Å². The lowest BCUT2D eigenvalue weighted by molar-refractivity contribution is -0.201. The first-order chi connectivity index (χ1) is 4.11. The summed E-state index contributed by atoms with van der Waals surface area (Å²) in [6.07, 6.45) is 1.00. The topological polar surface area (TPSA) is 26.3 Å². The molecule has 0 aromatic heterocycles. The summed E-state index contributed by atoms with van der Waals surface area (Å²) in [7, 11) is 0. The third kappa shape index (κ3) is 0.655. The zero-order valence-electron chi connectivity index (χ0n) is 6.10. The summed E-state index contributed by atoms with van der Waals surface area (Å²) in [4.78, 5) is 10.8. The van der Waals surface area contributed by atoms with Crippen LogP contribution in [0.3, 0.4) is 0 Å². The minimum atomic E-state index is -0.181. The van der Waals surface area contributed by atoms with Crippen LogP contribution in [0.2, 0.25) is 0 Å². The SMILES string of the molecule is CCC1(C)C(=O)OC1C. The van der Waals surface area contributed by atoms with Crippen LogP contribution in [0, 0.1) is 5.41 Å². The van der Waals surface area contributed by atoms with Crippen LogP contribution in [0.25, 0.3) is 0 Å². The predicted octanol–water partition coefficient (Wildman–Crippen LogP) is 1.35. The molecule has 0 radical (unpaired) electrons. The third-order valence-corrected chi connectivity index (χ3v) is 2.38. The van der Waals surface area contributed by atoms with E-state index in [1.807, 2.05) is 20.8 Å². The Hall–Kier alpha value is -0.530. The Balaban J connectivity index is 2.66. The number of rotatable bonds is 1. The maximum atomic E-state index is 10.8. The second-order valence-electron chi connectivity index (χ2n) is 2.82. The van der Waals surface area contributed by atoms with Crippen LogP contribution in [0.5, 0.6) is 0 Å². The van der Waals surface area contributed by atoms with Crippen molar-refractivity contribution in [2.75, 3.05) is 0 Å². The molecular weight excluding hydrogens is 116 g/mol. The van der Waals surface area contributed by atoms with Gasteiger partial charge in [-0.3, -0.25) is 4.79 Å². The van der Waals surface area contributed by atoms with Crippen molar-refractivity contribution in [1.82, 2.24) is 0 Å². The van der Waals surface area contributed by atoms with Crippen molar-refractivity contribution in [2.24, 2.45) is 5.41 Å². The van der Waals surface area contributed by atoms with Gasteiger partial charge in [0.25, 0.3) is 0 Å². The fourth-order valence-corrected chi connectivity index (χ4v) is 0.965. The molecule has 2 heteroatoms. The van der Waals surface area contributed by atoms with Crippen molar-refractivity contribution in [3.63, 3.8) is 0 Å². The lowest BCUT2D eigenvalue weighted by Gasteiger charge is -2.41. The van der Waals surface area contributed by atoms with Gasteiger partial charge in [0.05, 0.1) is 0 Å². The Morgan fingerprint density at radius 3 is 2.44 bits per heavy atom. The van der Waals surface area contributed by atoms with Crippen LogP contribution in [0.1, 0.15) is 27.2 Å². The monoisotopic (exact) mass is 128 g/mol. The van der Waals surface area contributed by atoms with Gasteiger partial charge in [-0.2, -0.15) is 0 Å². The Morgan fingerprint density at radius 2 is 2.33 bits per heavy atom. The minimum Gasteiger partial charge on any atom is -0.461 e. The molecule has 1 saturated heterocycles. The first kappa shape index (κ1) is 6.59. The zero-order chi connectivity index (χ0) is 7.07. The van der Waals surface area contributed by atoms with Crippen molar-refractivity contribution in [1.29, 1.82) is 0 Å². The molecule has 0 spiro atoms. The smallest absolute Gasteiger partial charge is 0.315 e. The maximum absolute atomic E-state index is 10.8. The van der Waals surface area contributed by atoms with Crippen LogP contribution < -0.4 is 0 Å². The quantitative estimate of drug-likeness (QED) is 0.498. The summed E-state index contributed by atoms with van der Waals surface area (Å²) in [6, 6.07) is 0. The van der Waals surface area contributed by atoms with Gasteiger partial charge in [-0.05, 0) is 20.3 Å². The molecule has 52 valence electrons. The van der Waals surface area contributed by atoms with Gasteiger partial charge in [0.15, 0.2) is 0 Å². The van der Waals surface area contributed by atoms with E-state index in [0.717, 1.165) is 6.42 Å². The van der Waals surface area contributed by atoms with E-state index in [1.54, 1.807) is 0 Å². The van der Waals surface area contributed by atoms with Gasteiger partial charge < -0.3 is 4.74 Å². The summed E-state index contributed by atoms with van der Waals surface area (Å²) >= 11 is 0. The zero-order valence-corrected chi connectivity index (χ0v) is 6.10. The van der Waals surface area contributed by atoms with Gasteiger partial charge in [-0.25, -0.2) is 0 Å². The lowest BCUT2D eigenvalue weighted by Crippen LogP contribution is -2.52. The second kappa shape index (κ2) is 1.72. The van der Waals surface area contributed by atoms with E-state index in [4.69, 9.17) is 4.74 Å². The molecule has 1 aliphatic heterocycles. The van der Waals surface area contributed by atoms with Crippen molar-refractivity contribution in [3.05, 3.63) is 0 Å². The highest BCUT2D eigenvalue weighted by Gasteiger charge is 2.50. The normalized spacial score (nSPS) is 41.7. The molecule has 0 saturated carbocycles. The Morgan fingerprint density at radius 1 is 1.78 bits per heavy atom. The van der Waals surface area contributed by atoms with Crippen LogP contribution in [-0.4, -0.2) is 12.1 Å². The van der Waals surface area contributed by atoms with Crippen molar-refractivity contribution in [2.45, 2.75) is 33.3 Å². The largest absolute Gasteiger partial charge is 0.461 e. The molecule has 0 aliphatic carbocycles. The number of hydrogen-bond donors (Lipinski definition) is 0. The molecule has 0 aromatic carbocycles. The van der Waals surface area contributed by atoms with Crippen LogP contribution in [0.15, 0.2) is 0 Å². The minimum absolute atomic E-state index is 0.0440. The Kier molecular flexibility index (Phi) is 1.26. The van der Waals surface area contributed by atoms with Gasteiger partial charge in [0.1, 0.15) is 11.5 Å². The first-order valence-corrected chi connectivity index (χ1v) is 3.32. The summed E-state index contributed by atoms with van der Waals surface area (Å²) in [5.74, 6) is -0.0440. The number of carbonyl (C=O) groups is 1. The fraction of sp³-hybridized carbons (Fsp3) is 0.857. The highest BCUT2D eigenvalue weighted by Crippen LogP contribution is 2.38. The predicted molar refractivity (Wildman–Crippen MR) is 34.0 cm³/mol. The molecule has 1 heterocycles. The van der Waals surface area contributed by atoms with Gasteiger partial charge in [0, 0.05) is 0 Å². The summed E-state index contributed by atoms with van der Waals surface area (Å²) < 4.78 is 4.81. The highest BCUT2D eigenvalue weighted by molar-refractivity contribution is 5.82. The average molecular weight is 128 g/mol. The number of cyclic esters (lactones) is 1. The number of esters is 1. The van der Waals surface area contributed by atoms with E-state index in [-0.39, 0.29) is 17.5 Å². The Bertz CT molecular complexity index is 142. The molecule has 1 aliphatic rings. The molecule has 1 fully saturated rings. The summed E-state index contributed by atoms with van der Waals surface area (Å²) in [5.41, 5.74) is -0.181. The summed E-state index contributed by atoms with van der Waals surface area (Å²) in [5, 5.41) is 0. The van der Waals surface area contributed by atoms with E-state index in [0.29, 0.717) is 0 Å². The molecule has 2 atom stereocenters. The van der Waals surface area contributed by atoms with E-state index in [9.17, 15) is 4.79 Å². The fourth-order valence-electron chi connectivity index (χ4n) is 0.965. The highest BCUT2D eigenvalue weighted by atomic mass is 16.6. The molecule has 0 amide bonds. The van der Waals surface area contributed by atoms with Crippen LogP contribution in [0.4, 0.5) is 0 Å². The first-order valence-electron chi connectivity index (χ1n) is 3.32. The van der Waals surface area contributed by atoms with Crippen LogP contribution in [-0.2, 0) is 9.53 Å². The average Bonchev–Trinajstić information content (AvgIpc) is 1.87. The number of carbonyl (C=O) groups excluding carboxylic acids is 1. The van der Waals surface area contributed by atoms with Gasteiger partial charge in [-0.1, -0.05) is 6.92 Å². The van der Waals surface area contributed by atoms with Crippen molar-refractivity contribution in [3.8, 4) is 0 Å². The molecule has 0 aromatic rings. The standard InChI is InChI=1S/C7H12O2/c1-4-7(3)5(2)9-6(7)8/h5H,4H2,1-3H3. The molecule has 9 heavy (non-hydrogen) atoms. The van der Waals surface area contributed by atoms with E-state index in [1.165, 1.54) is 0 Å². The van der Waals surface area contributed by atoms with Crippen LogP contribution >= 0.6 is 0 Å². The molecular formula is C7H12O2. The van der Waals surface area contributed by atoms with Gasteiger partial charge >= 0.3 is 5.97 Å². The maximum Gasteiger partial charge on any atom is 0.315 e. The summed E-state index contributed by atoms with van der Waals surface area (Å²) in [6.45, 7) is 5.89. The molecule has 0 N–H and O–H groups in total. The number of hydrogen-bond acceptors (Lipinski definition) is 2. The van der Waals surface area contributed by atoms with E-state index >= 15 is 0 Å². The second-order valence-corrected chi connectivity index (χ2v) is 2.82. The Labute approximate surface area is 55.2 Å². The molecule has 0 bridgehead atoms. The third-order valence-electron chi connectivity index (χ3n) is 2.38. The van der Waals surface area contributed by atoms with Crippen molar-refractivity contribution >= 4 is 5.97 Å². The number of ether oxygens (including phenoxy) is 1. The van der Waals surface area contributed by atoms with E-state index < -0.39 is 0 Å². The molecule has 1 rings (SSSR count). The van der Waals surface area contributed by atoms with Gasteiger partial charge in [-0.15, -0.1) is 0 Å². The molecule has 2 nitrogen and oxygen atoms in total. The van der Waals surface area contributed by atoms with Crippen molar-refractivity contribution < 1.29 is 9.53 Å². The molecule has 2 unspecified atom stereocenters. The lowest BCUT2D eigenvalue weighted by atomic mass is 9.78.